The first-order chi connectivity index (χ1) is 14.7. The van der Waals surface area contributed by atoms with Gasteiger partial charge in [-0.05, 0) is 49.2 Å². The Balaban J connectivity index is 2.28. The molecule has 0 saturated heterocycles. The molecule has 0 fully saturated rings. The molecule has 0 aliphatic carbocycles. The standard InChI is InChI=1S/C22H24N2O6S/c1-4-5-11-20-21(26)23(18-12-14-19(15-13-18)29-16(2)25)24(17-9-7-6-8-10-17)22(20)30-31(3,27)28/h6-10,12-15H,4-5,11H2,1-3H3. The second kappa shape index (κ2) is 9.22. The van der Waals surface area contributed by atoms with Gasteiger partial charge < -0.3 is 8.92 Å². The summed E-state index contributed by atoms with van der Waals surface area (Å²) in [4.78, 5) is 24.6. The van der Waals surface area contributed by atoms with E-state index in [9.17, 15) is 18.0 Å². The first-order valence-electron chi connectivity index (χ1n) is 9.82. The highest BCUT2D eigenvalue weighted by atomic mass is 32.2. The van der Waals surface area contributed by atoms with Gasteiger partial charge in [-0.2, -0.15) is 8.42 Å². The van der Waals surface area contributed by atoms with E-state index in [1.807, 2.05) is 13.0 Å². The van der Waals surface area contributed by atoms with Crippen molar-refractivity contribution >= 4 is 16.1 Å². The SMILES string of the molecule is CCCCc1c(OS(C)(=O)=O)n(-c2ccccc2)n(-c2ccc(OC(C)=O)cc2)c1=O. The number of hydrogen-bond acceptors (Lipinski definition) is 6. The lowest BCUT2D eigenvalue weighted by atomic mass is 10.1. The molecule has 1 aromatic heterocycles. The number of rotatable bonds is 8. The van der Waals surface area contributed by atoms with Crippen LogP contribution in [-0.2, 0) is 21.3 Å². The van der Waals surface area contributed by atoms with Gasteiger partial charge in [0.25, 0.3) is 5.56 Å². The first kappa shape index (κ1) is 22.4. The number of ether oxygens (including phenoxy) is 1. The zero-order valence-corrected chi connectivity index (χ0v) is 18.4. The maximum atomic E-state index is 13.4. The topological polar surface area (TPSA) is 96.6 Å². The fraction of sp³-hybridized carbons (Fsp3) is 0.273. The second-order valence-corrected chi connectivity index (χ2v) is 8.60. The smallest absolute Gasteiger partial charge is 0.308 e. The normalized spacial score (nSPS) is 11.3. The van der Waals surface area contributed by atoms with Gasteiger partial charge in [0.05, 0.1) is 23.2 Å². The van der Waals surface area contributed by atoms with Crippen molar-refractivity contribution in [2.24, 2.45) is 0 Å². The summed E-state index contributed by atoms with van der Waals surface area (Å²) in [5.74, 6) is -0.152. The zero-order chi connectivity index (χ0) is 22.6. The summed E-state index contributed by atoms with van der Waals surface area (Å²) in [5.41, 5.74) is 0.923. The van der Waals surface area contributed by atoms with Crippen LogP contribution in [0.25, 0.3) is 11.4 Å². The number of aromatic nitrogens is 2. The van der Waals surface area contributed by atoms with E-state index >= 15 is 0 Å². The van der Waals surface area contributed by atoms with Gasteiger partial charge in [-0.1, -0.05) is 31.5 Å². The van der Waals surface area contributed by atoms with Gasteiger partial charge in [0.1, 0.15) is 5.75 Å². The molecular weight excluding hydrogens is 420 g/mol. The van der Waals surface area contributed by atoms with Crippen LogP contribution in [0.5, 0.6) is 11.6 Å². The number of nitrogens with zero attached hydrogens (tertiary/aromatic N) is 2. The van der Waals surface area contributed by atoms with Crippen LogP contribution in [0.15, 0.2) is 59.4 Å². The maximum absolute atomic E-state index is 13.4. The molecule has 3 rings (SSSR count). The molecule has 0 spiro atoms. The van der Waals surface area contributed by atoms with Crippen LogP contribution in [0.2, 0.25) is 0 Å². The Bertz CT molecular complexity index is 1230. The second-order valence-electron chi connectivity index (χ2n) is 7.03. The monoisotopic (exact) mass is 444 g/mol. The minimum absolute atomic E-state index is 0.0313. The quantitative estimate of drug-likeness (QED) is 0.301. The molecule has 0 radical (unpaired) electrons. The van der Waals surface area contributed by atoms with Crippen LogP contribution in [0, 0.1) is 0 Å². The van der Waals surface area contributed by atoms with Crippen LogP contribution in [0.3, 0.4) is 0 Å². The summed E-state index contributed by atoms with van der Waals surface area (Å²) >= 11 is 0. The Kier molecular flexibility index (Phi) is 6.65. The molecule has 3 aromatic rings. The van der Waals surface area contributed by atoms with E-state index in [2.05, 4.69) is 0 Å². The summed E-state index contributed by atoms with van der Waals surface area (Å²) in [6, 6.07) is 15.2. The Morgan fingerprint density at radius 3 is 2.13 bits per heavy atom. The summed E-state index contributed by atoms with van der Waals surface area (Å²) in [7, 11) is -3.89. The van der Waals surface area contributed by atoms with Crippen molar-refractivity contribution < 1.29 is 22.1 Å². The fourth-order valence-corrected chi connectivity index (χ4v) is 3.64. The summed E-state index contributed by atoms with van der Waals surface area (Å²) in [6.07, 6.45) is 2.83. The Morgan fingerprint density at radius 2 is 1.58 bits per heavy atom. The van der Waals surface area contributed by atoms with Crippen LogP contribution in [0.4, 0.5) is 0 Å². The van der Waals surface area contributed by atoms with Crippen molar-refractivity contribution in [2.45, 2.75) is 33.1 Å². The molecule has 0 bridgehead atoms. The van der Waals surface area contributed by atoms with Gasteiger partial charge in [0.15, 0.2) is 0 Å². The molecule has 164 valence electrons. The van der Waals surface area contributed by atoms with E-state index in [0.29, 0.717) is 30.0 Å². The lowest BCUT2D eigenvalue weighted by Gasteiger charge is -2.15. The van der Waals surface area contributed by atoms with Crippen molar-refractivity contribution in [3.63, 3.8) is 0 Å². The van der Waals surface area contributed by atoms with Crippen molar-refractivity contribution in [1.82, 2.24) is 9.36 Å². The predicted octanol–water partition coefficient (Wildman–Crippen LogP) is 3.23. The average Bonchev–Trinajstić information content (AvgIpc) is 2.97. The third kappa shape index (κ3) is 5.24. The van der Waals surface area contributed by atoms with Crippen LogP contribution in [-0.4, -0.2) is 30.0 Å². The molecule has 1 heterocycles. The minimum atomic E-state index is -3.89. The van der Waals surface area contributed by atoms with Crippen molar-refractivity contribution in [3.8, 4) is 23.0 Å². The highest BCUT2D eigenvalue weighted by Crippen LogP contribution is 2.27. The fourth-order valence-electron chi connectivity index (χ4n) is 3.18. The number of para-hydroxylation sites is 1. The molecule has 0 atom stereocenters. The van der Waals surface area contributed by atoms with Crippen molar-refractivity contribution in [2.75, 3.05) is 6.26 Å². The number of benzene rings is 2. The van der Waals surface area contributed by atoms with Crippen LogP contribution < -0.4 is 14.5 Å². The van der Waals surface area contributed by atoms with E-state index in [-0.39, 0.29) is 17.0 Å². The Hall–Kier alpha value is -3.33. The third-order valence-corrected chi connectivity index (χ3v) is 4.92. The van der Waals surface area contributed by atoms with E-state index < -0.39 is 16.1 Å². The predicted molar refractivity (Wildman–Crippen MR) is 117 cm³/mol. The molecule has 0 aliphatic rings. The first-order valence-corrected chi connectivity index (χ1v) is 11.6. The number of carbonyl (C=O) groups excluding carboxylic acids is 1. The lowest BCUT2D eigenvalue weighted by molar-refractivity contribution is -0.131. The van der Waals surface area contributed by atoms with Gasteiger partial charge in [-0.25, -0.2) is 9.36 Å². The Labute approximate surface area is 180 Å². The average molecular weight is 445 g/mol. The van der Waals surface area contributed by atoms with E-state index in [1.165, 1.54) is 16.3 Å². The molecule has 31 heavy (non-hydrogen) atoms. The number of esters is 1. The highest BCUT2D eigenvalue weighted by Gasteiger charge is 2.26. The minimum Gasteiger partial charge on any atom is -0.427 e. The largest absolute Gasteiger partial charge is 0.427 e. The van der Waals surface area contributed by atoms with Gasteiger partial charge in [-0.3, -0.25) is 9.59 Å². The van der Waals surface area contributed by atoms with Gasteiger partial charge in [0, 0.05) is 6.92 Å². The van der Waals surface area contributed by atoms with E-state index in [1.54, 1.807) is 48.5 Å². The molecular formula is C22H24N2O6S. The molecule has 0 saturated carbocycles. The molecule has 0 unspecified atom stereocenters. The van der Waals surface area contributed by atoms with Crippen molar-refractivity contribution in [1.29, 1.82) is 0 Å². The highest BCUT2D eigenvalue weighted by molar-refractivity contribution is 7.86. The molecule has 0 aliphatic heterocycles. The summed E-state index contributed by atoms with van der Waals surface area (Å²) in [6.45, 7) is 3.28. The molecule has 8 nitrogen and oxygen atoms in total. The third-order valence-electron chi connectivity index (χ3n) is 4.46. The van der Waals surface area contributed by atoms with Gasteiger partial charge in [-0.15, -0.1) is 0 Å². The van der Waals surface area contributed by atoms with Crippen LogP contribution >= 0.6 is 0 Å². The number of carbonyl (C=O) groups is 1. The van der Waals surface area contributed by atoms with Crippen molar-refractivity contribution in [3.05, 3.63) is 70.5 Å². The summed E-state index contributed by atoms with van der Waals surface area (Å²) in [5, 5.41) is 0. The molecule has 2 aromatic carbocycles. The number of hydrogen-bond donors (Lipinski definition) is 0. The molecule has 9 heteroatoms. The lowest BCUT2D eigenvalue weighted by Crippen LogP contribution is -2.22. The van der Waals surface area contributed by atoms with E-state index in [4.69, 9.17) is 8.92 Å². The van der Waals surface area contributed by atoms with Crippen LogP contribution in [0.1, 0.15) is 32.3 Å². The maximum Gasteiger partial charge on any atom is 0.308 e. The molecule has 0 amide bonds. The Morgan fingerprint density at radius 1 is 0.968 bits per heavy atom. The molecule has 0 N–H and O–H groups in total. The van der Waals surface area contributed by atoms with Gasteiger partial charge in [0.2, 0.25) is 5.88 Å². The van der Waals surface area contributed by atoms with Gasteiger partial charge >= 0.3 is 16.1 Å². The zero-order valence-electron chi connectivity index (χ0n) is 17.6. The van der Waals surface area contributed by atoms with E-state index in [0.717, 1.165) is 12.7 Å². The number of unbranched alkanes of at least 4 members (excludes halogenated alkanes) is 1. The summed E-state index contributed by atoms with van der Waals surface area (Å²) < 4.78 is 37.2.